The van der Waals surface area contributed by atoms with E-state index in [2.05, 4.69) is 218 Å². The first kappa shape index (κ1) is 93.3. The second-order valence-corrected chi connectivity index (χ2v) is 32.0. The fraction of sp³-hybridized carbons (Fsp3) is 0.174. The third-order valence-electron chi connectivity index (χ3n) is 22.8. The van der Waals surface area contributed by atoms with E-state index in [1.54, 1.807) is 30.3 Å². The molecule has 0 aliphatic rings. The summed E-state index contributed by atoms with van der Waals surface area (Å²) in [6.45, 7) is 29.4. The maximum Gasteiger partial charge on any atom is 0.131 e. The van der Waals surface area contributed by atoms with Gasteiger partial charge in [0.25, 0.3) is 0 Å². The number of allylic oxidation sites excluding steroid dienone is 5. The quantitative estimate of drug-likeness (QED) is 0.0300. The molecule has 0 spiro atoms. The van der Waals surface area contributed by atoms with Crippen molar-refractivity contribution < 1.29 is 22.0 Å². The maximum atomic E-state index is 14.7. The van der Waals surface area contributed by atoms with Crippen LogP contribution in [0.5, 0.6) is 0 Å². The molecule has 0 radical (unpaired) electrons. The van der Waals surface area contributed by atoms with Crippen molar-refractivity contribution in [2.75, 3.05) is 0 Å². The Morgan fingerprint density at radius 1 is 0.183 bits per heavy atom. The van der Waals surface area contributed by atoms with Gasteiger partial charge in [-0.3, -0.25) is 0 Å². The van der Waals surface area contributed by atoms with Gasteiger partial charge in [-0.25, -0.2) is 22.0 Å². The summed E-state index contributed by atoms with van der Waals surface area (Å²) in [5.74, 6) is -0.916. The van der Waals surface area contributed by atoms with Gasteiger partial charge in [-0.15, -0.1) is 32.9 Å². The first-order valence-electron chi connectivity index (χ1n) is 44.4. The summed E-state index contributed by atoms with van der Waals surface area (Å²) < 4.78 is 73.3. The first-order valence-corrected chi connectivity index (χ1v) is 44.4. The molecular formula is C121H117F5. The predicted octanol–water partition coefficient (Wildman–Crippen LogP) is 34.7. The molecule has 0 aliphatic heterocycles. The Bertz CT molecular complexity index is 5960. The minimum Gasteiger partial charge on any atom is -0.206 e. The van der Waals surface area contributed by atoms with E-state index in [4.69, 9.17) is 0 Å². The van der Waals surface area contributed by atoms with E-state index >= 15 is 0 Å². The Morgan fingerprint density at radius 3 is 0.492 bits per heavy atom. The molecule has 0 aromatic heterocycles. The fourth-order valence-corrected chi connectivity index (χ4v) is 15.2. The lowest BCUT2D eigenvalue weighted by atomic mass is 9.97. The molecule has 636 valence electrons. The highest BCUT2D eigenvalue weighted by Gasteiger charge is 2.15. The topological polar surface area (TPSA) is 0 Å². The van der Waals surface area contributed by atoms with Crippen molar-refractivity contribution in [1.82, 2.24) is 0 Å². The zero-order chi connectivity index (χ0) is 88.9. The largest absolute Gasteiger partial charge is 0.206 e. The van der Waals surface area contributed by atoms with Crippen LogP contribution >= 0.6 is 0 Å². The monoisotopic (exact) mass is 1660 g/mol. The summed E-state index contributed by atoms with van der Waals surface area (Å²) in [5, 5.41) is 0. The van der Waals surface area contributed by atoms with Crippen LogP contribution in [0.15, 0.2) is 397 Å². The van der Waals surface area contributed by atoms with Gasteiger partial charge in [0, 0.05) is 27.8 Å². The van der Waals surface area contributed by atoms with Crippen LogP contribution in [-0.4, -0.2) is 0 Å². The van der Waals surface area contributed by atoms with Crippen LogP contribution in [0.2, 0.25) is 0 Å². The molecule has 126 heavy (non-hydrogen) atoms. The Kier molecular flexibility index (Phi) is 36.0. The van der Waals surface area contributed by atoms with Crippen molar-refractivity contribution >= 4 is 0 Å². The highest BCUT2D eigenvalue weighted by Crippen LogP contribution is 2.36. The van der Waals surface area contributed by atoms with Crippen LogP contribution in [-0.2, 0) is 57.8 Å². The predicted molar refractivity (Wildman–Crippen MR) is 530 cm³/mol. The van der Waals surface area contributed by atoms with Gasteiger partial charge in [-0.1, -0.05) is 380 Å². The molecule has 0 amide bonds. The SMILES string of the molecule is C=CCCc1ccc(-c2ccc(-c3ccc(C)cc3)cc2F)cc1.C=CCCc1ccc(-c2ccc(-c3ccc(CC)cc3)c(F)c2)cc1.C=CCCc1ccc(-c2ccc(-c3ccc(CC)cc3)cc2F)cc1.C=CCCc1ccc(-c2ccc(-c3ccc(CCC)cc3)c(F)c2)cc1.C=CCCc1ccc(-c2ccc(-c3ccc(CCC)cc3)cc2F)cc1. The highest BCUT2D eigenvalue weighted by atomic mass is 19.1. The standard InChI is InChI=1S/2C25H25F.2C24H23F.C23H21F/c1-3-5-7-20-8-12-21(13-9-20)23-16-17-24(25(26)18-23)22-14-10-19(6-4-2)11-15-22;1-3-5-7-20-10-14-22(15-11-20)24-17-16-23(18-25(24)26)21-12-8-19(6-4-2)9-13-21;1-3-5-6-19-9-11-20(12-10-19)22-15-16-23(24(25)17-22)21-13-7-18(4-2)8-14-21;1-3-5-6-19-9-13-21(14-10-19)23-16-15-22(17-24(23)25)20-11-7-18(4-2)8-12-20;1-3-4-5-18-8-12-20(13-9-18)22-15-14-21(16-23(22)24)19-10-6-17(2)7-11-19/h2*3,8-18H,1,4-7H2,2H3;2*3,7-17H,1,4-6H2,2H3;3,6-16H,1,4-5H2,2H3. The van der Waals surface area contributed by atoms with E-state index in [1.165, 1.54) is 55.6 Å². The number of rotatable bonds is 31. The van der Waals surface area contributed by atoms with Crippen molar-refractivity contribution in [3.05, 3.63) is 482 Å². The molecule has 0 atom stereocenters. The number of hydrogen-bond donors (Lipinski definition) is 0. The molecule has 0 bridgehead atoms. The normalized spacial score (nSPS) is 10.7. The molecule has 15 aromatic carbocycles. The van der Waals surface area contributed by atoms with Gasteiger partial charge in [0.2, 0.25) is 0 Å². The number of benzene rings is 15. The Balaban J connectivity index is 0.000000153. The summed E-state index contributed by atoms with van der Waals surface area (Å²) in [6, 6.07) is 110. The molecule has 0 saturated carbocycles. The zero-order valence-corrected chi connectivity index (χ0v) is 73.9. The van der Waals surface area contributed by atoms with Crippen LogP contribution in [0.25, 0.3) is 111 Å². The van der Waals surface area contributed by atoms with Gasteiger partial charge < -0.3 is 0 Å². The van der Waals surface area contributed by atoms with Gasteiger partial charge in [-0.05, 0) is 261 Å². The molecule has 0 saturated heterocycles. The van der Waals surface area contributed by atoms with Crippen molar-refractivity contribution in [3.8, 4) is 111 Å². The van der Waals surface area contributed by atoms with E-state index in [0.717, 1.165) is 186 Å². The summed E-state index contributed by atoms with van der Waals surface area (Å²) in [7, 11) is 0. The smallest absolute Gasteiger partial charge is 0.131 e. The van der Waals surface area contributed by atoms with Crippen LogP contribution in [0.1, 0.15) is 128 Å². The van der Waals surface area contributed by atoms with E-state index in [9.17, 15) is 22.0 Å². The van der Waals surface area contributed by atoms with Crippen molar-refractivity contribution in [3.63, 3.8) is 0 Å². The minimum absolute atomic E-state index is 0.179. The van der Waals surface area contributed by atoms with Gasteiger partial charge in [0.1, 0.15) is 29.1 Å². The molecule has 0 N–H and O–H groups in total. The van der Waals surface area contributed by atoms with Crippen LogP contribution < -0.4 is 0 Å². The summed E-state index contributed by atoms with van der Waals surface area (Å²) >= 11 is 0. The van der Waals surface area contributed by atoms with Gasteiger partial charge >= 0.3 is 0 Å². The Labute approximate surface area is 747 Å². The number of aryl methyl sites for hydroxylation is 10. The second kappa shape index (κ2) is 48.6. The van der Waals surface area contributed by atoms with Gasteiger partial charge in [0.05, 0.1) is 0 Å². The lowest BCUT2D eigenvalue weighted by Gasteiger charge is -2.09. The summed E-state index contributed by atoms with van der Waals surface area (Å²) in [5.41, 5.74) is 30.2. The van der Waals surface area contributed by atoms with Crippen LogP contribution in [0, 0.1) is 36.0 Å². The average Bonchev–Trinajstić information content (AvgIpc) is 0.835. The molecule has 0 aliphatic carbocycles. The van der Waals surface area contributed by atoms with Crippen LogP contribution in [0.3, 0.4) is 0 Å². The molecule has 5 heteroatoms. The maximum absolute atomic E-state index is 14.7. The molecule has 15 rings (SSSR count). The molecular weight excluding hydrogens is 1550 g/mol. The molecule has 0 fully saturated rings. The number of hydrogen-bond acceptors (Lipinski definition) is 0. The third-order valence-corrected chi connectivity index (χ3v) is 22.8. The molecule has 15 aromatic rings. The van der Waals surface area contributed by atoms with E-state index in [0.29, 0.717) is 27.8 Å². The summed E-state index contributed by atoms with van der Waals surface area (Å²) in [4.78, 5) is 0. The Morgan fingerprint density at radius 2 is 0.333 bits per heavy atom. The lowest BCUT2D eigenvalue weighted by Crippen LogP contribution is -1.89. The molecule has 0 unspecified atom stereocenters. The number of halogens is 5. The Hall–Kier alpha value is -13.4. The zero-order valence-electron chi connectivity index (χ0n) is 73.9. The van der Waals surface area contributed by atoms with Crippen LogP contribution in [0.4, 0.5) is 22.0 Å². The van der Waals surface area contributed by atoms with Gasteiger partial charge in [-0.2, -0.15) is 0 Å². The van der Waals surface area contributed by atoms with E-state index in [-0.39, 0.29) is 29.1 Å². The minimum atomic E-state index is -0.188. The molecule has 0 heterocycles. The van der Waals surface area contributed by atoms with E-state index in [1.807, 2.05) is 183 Å². The fourth-order valence-electron chi connectivity index (χ4n) is 15.2. The van der Waals surface area contributed by atoms with Crippen molar-refractivity contribution in [2.45, 2.75) is 137 Å². The van der Waals surface area contributed by atoms with Crippen molar-refractivity contribution in [1.29, 1.82) is 0 Å². The van der Waals surface area contributed by atoms with E-state index < -0.39 is 0 Å². The molecule has 0 nitrogen and oxygen atoms in total. The first-order chi connectivity index (χ1) is 61.5. The lowest BCUT2D eigenvalue weighted by molar-refractivity contribution is 0.631. The summed E-state index contributed by atoms with van der Waals surface area (Å²) in [6.07, 6.45) is 25.7. The highest BCUT2D eigenvalue weighted by molar-refractivity contribution is 5.77. The average molecular weight is 1670 g/mol. The third kappa shape index (κ3) is 27.1. The van der Waals surface area contributed by atoms with Gasteiger partial charge in [0.15, 0.2) is 0 Å². The van der Waals surface area contributed by atoms with Crippen molar-refractivity contribution in [2.24, 2.45) is 0 Å². The second-order valence-electron chi connectivity index (χ2n) is 32.0.